The fraction of sp³-hybridized carbons (Fsp3) is 0.0968. The molecule has 5 rings (SSSR count). The summed E-state index contributed by atoms with van der Waals surface area (Å²) in [6, 6.07) is 26.2. The maximum atomic E-state index is 13.0. The molecule has 0 aliphatic carbocycles. The van der Waals surface area contributed by atoms with Crippen LogP contribution in [0.15, 0.2) is 90.7 Å². The summed E-state index contributed by atoms with van der Waals surface area (Å²) in [5, 5.41) is 0. The molecule has 1 aliphatic heterocycles. The van der Waals surface area contributed by atoms with E-state index in [4.69, 9.17) is 18.9 Å². The number of methoxy groups -OCH3 is 2. The Morgan fingerprint density at radius 3 is 2.05 bits per heavy atom. The second-order valence-electron chi connectivity index (χ2n) is 8.42. The Bertz CT molecular complexity index is 1500. The van der Waals surface area contributed by atoms with Crippen LogP contribution in [0.5, 0.6) is 23.0 Å². The van der Waals surface area contributed by atoms with E-state index in [1.54, 1.807) is 43.3 Å². The van der Waals surface area contributed by atoms with Crippen molar-refractivity contribution in [3.63, 3.8) is 0 Å². The first-order valence-corrected chi connectivity index (χ1v) is 11.7. The number of allylic oxidation sites excluding steroid dienone is 1. The fourth-order valence-corrected chi connectivity index (χ4v) is 4.24. The minimum atomic E-state index is -0.643. The average molecular weight is 493 g/mol. The maximum Gasteiger partial charge on any atom is 0.351 e. The minimum Gasteiger partial charge on any atom is -0.496 e. The zero-order valence-corrected chi connectivity index (χ0v) is 20.6. The Balaban J connectivity index is 1.39. The molecule has 0 unspecified atom stereocenters. The molecule has 0 N–H and O–H groups in total. The van der Waals surface area contributed by atoms with E-state index >= 15 is 0 Å². The van der Waals surface area contributed by atoms with Gasteiger partial charge in [0.1, 0.15) is 28.6 Å². The highest BCUT2D eigenvalue weighted by Gasteiger charge is 2.31. The summed E-state index contributed by atoms with van der Waals surface area (Å²) in [4.78, 5) is 26.1. The highest BCUT2D eigenvalue weighted by atomic mass is 16.5. The lowest BCUT2D eigenvalue weighted by molar-refractivity contribution is 0.0726. The molecule has 0 aromatic heterocycles. The summed E-state index contributed by atoms with van der Waals surface area (Å²) in [6.07, 6.45) is 1.71. The first-order valence-electron chi connectivity index (χ1n) is 11.7. The van der Waals surface area contributed by atoms with Gasteiger partial charge >= 0.3 is 5.97 Å². The number of hydrogen-bond acceptors (Lipinski definition) is 6. The first-order chi connectivity index (χ1) is 18.0. The third kappa shape index (κ3) is 4.57. The van der Waals surface area contributed by atoms with Gasteiger partial charge in [-0.3, -0.25) is 4.79 Å². The molecule has 0 saturated heterocycles. The molecule has 0 atom stereocenters. The van der Waals surface area contributed by atoms with Crippen molar-refractivity contribution in [3.8, 4) is 34.1 Å². The first kappa shape index (κ1) is 23.9. The van der Waals surface area contributed by atoms with Crippen LogP contribution in [0.4, 0.5) is 0 Å². The van der Waals surface area contributed by atoms with Crippen molar-refractivity contribution in [2.75, 3.05) is 14.2 Å². The molecule has 0 spiro atoms. The molecule has 6 nitrogen and oxygen atoms in total. The Labute approximate surface area is 214 Å². The molecule has 37 heavy (non-hydrogen) atoms. The molecule has 4 aromatic carbocycles. The van der Waals surface area contributed by atoms with E-state index < -0.39 is 5.97 Å². The van der Waals surface area contributed by atoms with Crippen LogP contribution in [0.3, 0.4) is 0 Å². The smallest absolute Gasteiger partial charge is 0.351 e. The van der Waals surface area contributed by atoms with Crippen LogP contribution in [-0.2, 0) is 0 Å². The van der Waals surface area contributed by atoms with Gasteiger partial charge in [0.05, 0.1) is 19.8 Å². The normalized spacial score (nSPS) is 13.2. The van der Waals surface area contributed by atoms with Gasteiger partial charge in [-0.15, -0.1) is 0 Å². The Kier molecular flexibility index (Phi) is 6.47. The van der Waals surface area contributed by atoms with Crippen molar-refractivity contribution in [3.05, 3.63) is 113 Å². The molecule has 0 saturated carbocycles. The molecule has 0 amide bonds. The molecule has 1 aliphatic rings. The molecule has 0 bridgehead atoms. The van der Waals surface area contributed by atoms with E-state index in [-0.39, 0.29) is 22.9 Å². The van der Waals surface area contributed by atoms with Gasteiger partial charge in [-0.25, -0.2) is 4.79 Å². The summed E-state index contributed by atoms with van der Waals surface area (Å²) in [7, 11) is 2.93. The zero-order valence-electron chi connectivity index (χ0n) is 20.6. The summed E-state index contributed by atoms with van der Waals surface area (Å²) >= 11 is 0. The molecule has 6 heteroatoms. The molecular formula is C31H24O6. The molecule has 4 aromatic rings. The second kappa shape index (κ2) is 10.0. The zero-order chi connectivity index (χ0) is 25.9. The minimum absolute atomic E-state index is 0.170. The lowest BCUT2D eigenvalue weighted by Crippen LogP contribution is -2.12. The third-order valence-corrected chi connectivity index (χ3v) is 6.19. The Morgan fingerprint density at radius 1 is 0.757 bits per heavy atom. The number of rotatable bonds is 6. The highest BCUT2D eigenvalue weighted by Crippen LogP contribution is 2.40. The van der Waals surface area contributed by atoms with Crippen LogP contribution in [0.25, 0.3) is 17.2 Å². The van der Waals surface area contributed by atoms with Crippen molar-refractivity contribution in [2.45, 2.75) is 6.92 Å². The quantitative estimate of drug-likeness (QED) is 0.173. The highest BCUT2D eigenvalue weighted by molar-refractivity contribution is 6.15. The standard InChI is InChI=1S/C31H24O6/c1-19-24(37-31(33)28-25(34-2)10-7-11-26(28)35-3)17-16-23-29(32)27(36-30(19)23)18-20-12-14-22(15-13-20)21-8-5-4-6-9-21/h4-18H,1-3H3/b27-18-. The number of ketones is 1. The molecule has 0 radical (unpaired) electrons. The number of carbonyl (C=O) groups excluding carboxylic acids is 2. The number of benzene rings is 4. The second-order valence-corrected chi connectivity index (χ2v) is 8.42. The van der Waals surface area contributed by atoms with E-state index in [0.29, 0.717) is 28.4 Å². The van der Waals surface area contributed by atoms with E-state index in [1.165, 1.54) is 14.2 Å². The van der Waals surface area contributed by atoms with E-state index in [1.807, 2.05) is 54.6 Å². The maximum absolute atomic E-state index is 13.0. The number of Topliss-reactive ketones (excluding diaryl/α,β-unsaturated/α-hetero) is 1. The summed E-state index contributed by atoms with van der Waals surface area (Å²) < 4.78 is 22.3. The van der Waals surface area contributed by atoms with Gasteiger partial charge in [0.15, 0.2) is 5.76 Å². The number of ether oxygens (including phenoxy) is 4. The molecule has 0 fully saturated rings. The van der Waals surface area contributed by atoms with E-state index in [2.05, 4.69) is 0 Å². The largest absolute Gasteiger partial charge is 0.496 e. The topological polar surface area (TPSA) is 71.1 Å². The third-order valence-electron chi connectivity index (χ3n) is 6.19. The lowest BCUT2D eigenvalue weighted by atomic mass is 10.0. The van der Waals surface area contributed by atoms with Crippen molar-refractivity contribution in [2.24, 2.45) is 0 Å². The number of carbonyl (C=O) groups is 2. The van der Waals surface area contributed by atoms with Crippen molar-refractivity contribution >= 4 is 17.8 Å². The number of hydrogen-bond donors (Lipinski definition) is 0. The number of fused-ring (bicyclic) bond motifs is 1. The average Bonchev–Trinajstić information content (AvgIpc) is 3.26. The SMILES string of the molecule is COc1cccc(OC)c1C(=O)Oc1ccc2c(c1C)O/C(=C\c1ccc(-c3ccccc3)cc1)C2=O. The van der Waals surface area contributed by atoms with E-state index in [9.17, 15) is 9.59 Å². The molecular weight excluding hydrogens is 468 g/mol. The van der Waals surface area contributed by atoms with Gasteiger partial charge in [-0.1, -0.05) is 60.7 Å². The van der Waals surface area contributed by atoms with Crippen LogP contribution >= 0.6 is 0 Å². The molecule has 184 valence electrons. The van der Waals surface area contributed by atoms with Crippen molar-refractivity contribution < 1.29 is 28.5 Å². The van der Waals surface area contributed by atoms with E-state index in [0.717, 1.165) is 16.7 Å². The van der Waals surface area contributed by atoms with Crippen LogP contribution in [0, 0.1) is 6.92 Å². The Hall–Kier alpha value is -4.84. The van der Waals surface area contributed by atoms with Crippen LogP contribution in [0.2, 0.25) is 0 Å². The van der Waals surface area contributed by atoms with Gasteiger partial charge in [0.25, 0.3) is 0 Å². The monoisotopic (exact) mass is 492 g/mol. The van der Waals surface area contributed by atoms with Crippen LogP contribution in [-0.4, -0.2) is 26.0 Å². The number of esters is 1. The van der Waals surface area contributed by atoms with Gasteiger partial charge in [-0.05, 0) is 54.0 Å². The Morgan fingerprint density at radius 2 is 1.41 bits per heavy atom. The van der Waals surface area contributed by atoms with Gasteiger partial charge in [-0.2, -0.15) is 0 Å². The van der Waals surface area contributed by atoms with Gasteiger partial charge in [0, 0.05) is 5.56 Å². The summed E-state index contributed by atoms with van der Waals surface area (Å²) in [5.74, 6) is 0.648. The van der Waals surface area contributed by atoms with Gasteiger partial charge < -0.3 is 18.9 Å². The fourth-order valence-electron chi connectivity index (χ4n) is 4.24. The molecule has 1 heterocycles. The van der Waals surface area contributed by atoms with Crippen molar-refractivity contribution in [1.82, 2.24) is 0 Å². The predicted octanol–water partition coefficient (Wildman–Crippen LogP) is 6.51. The van der Waals surface area contributed by atoms with Crippen LogP contribution < -0.4 is 18.9 Å². The summed E-state index contributed by atoms with van der Waals surface area (Å²) in [6.45, 7) is 1.74. The van der Waals surface area contributed by atoms with Crippen molar-refractivity contribution in [1.29, 1.82) is 0 Å². The van der Waals surface area contributed by atoms with Gasteiger partial charge in [0.2, 0.25) is 5.78 Å². The predicted molar refractivity (Wildman–Crippen MR) is 140 cm³/mol. The lowest BCUT2D eigenvalue weighted by Gasteiger charge is -2.14. The summed E-state index contributed by atoms with van der Waals surface area (Å²) in [5.41, 5.74) is 4.16. The van der Waals surface area contributed by atoms with Crippen LogP contribution in [0.1, 0.15) is 31.8 Å².